The largest absolute Gasteiger partial charge is 0.321 e. The van der Waals surface area contributed by atoms with Crippen molar-refractivity contribution in [3.05, 3.63) is 90.1 Å². The van der Waals surface area contributed by atoms with Gasteiger partial charge in [-0.3, -0.25) is 9.69 Å². The van der Waals surface area contributed by atoms with Crippen molar-refractivity contribution in [3.63, 3.8) is 0 Å². The first-order valence-electron chi connectivity index (χ1n) is 10.2. The number of aromatic nitrogens is 1. The Labute approximate surface area is 172 Å². The molecule has 29 heavy (non-hydrogen) atoms. The number of piperazine rings is 1. The molecule has 148 valence electrons. The summed E-state index contributed by atoms with van der Waals surface area (Å²) in [6.45, 7) is 4.33. The van der Waals surface area contributed by atoms with E-state index in [1.807, 2.05) is 54.7 Å². The van der Waals surface area contributed by atoms with Gasteiger partial charge in [-0.05, 0) is 29.7 Å². The van der Waals surface area contributed by atoms with Crippen molar-refractivity contribution in [1.29, 1.82) is 0 Å². The van der Waals surface area contributed by atoms with E-state index in [1.54, 1.807) is 0 Å². The second-order valence-electron chi connectivity index (χ2n) is 7.53. The van der Waals surface area contributed by atoms with Gasteiger partial charge >= 0.3 is 0 Å². The predicted octanol–water partition coefficient (Wildman–Crippen LogP) is 1.44. The topological polar surface area (TPSA) is 50.9 Å². The van der Waals surface area contributed by atoms with E-state index in [2.05, 4.69) is 39.5 Å². The number of quaternary nitrogens is 1. The molecule has 0 bridgehead atoms. The lowest BCUT2D eigenvalue weighted by Crippen LogP contribution is -3.15. The fraction of sp³-hybridized carbons (Fsp3) is 0.250. The van der Waals surface area contributed by atoms with Gasteiger partial charge in [-0.15, -0.1) is 0 Å². The molecule has 0 unspecified atom stereocenters. The van der Waals surface area contributed by atoms with E-state index in [1.165, 1.54) is 10.5 Å². The molecule has 4 rings (SSSR count). The molecule has 0 saturated carbocycles. The SMILES string of the molecule is O=C(C[NH+]1CCN(c2cccc[nH+]2)CC1)Nc1ccccc1Cc1ccccc1. The van der Waals surface area contributed by atoms with Gasteiger partial charge in [0.1, 0.15) is 26.2 Å². The minimum absolute atomic E-state index is 0.0836. The van der Waals surface area contributed by atoms with Gasteiger partial charge in [-0.25, -0.2) is 4.98 Å². The predicted molar refractivity (Wildman–Crippen MR) is 115 cm³/mol. The Hall–Kier alpha value is -3.18. The molecule has 0 radical (unpaired) electrons. The number of carbonyl (C=O) groups is 1. The van der Waals surface area contributed by atoms with Crippen molar-refractivity contribution < 1.29 is 14.7 Å². The molecule has 1 aliphatic rings. The van der Waals surface area contributed by atoms with E-state index < -0.39 is 0 Å². The molecule has 2 aromatic carbocycles. The smallest absolute Gasteiger partial charge is 0.279 e. The third kappa shape index (κ3) is 5.21. The van der Waals surface area contributed by atoms with Crippen molar-refractivity contribution in [2.24, 2.45) is 0 Å². The zero-order chi connectivity index (χ0) is 19.9. The van der Waals surface area contributed by atoms with E-state index in [4.69, 9.17) is 0 Å². The Kier molecular flexibility index (Phi) is 6.17. The summed E-state index contributed by atoms with van der Waals surface area (Å²) in [5.74, 6) is 1.23. The number of anilines is 2. The molecular formula is C24H28N4O+2. The highest BCUT2D eigenvalue weighted by Gasteiger charge is 2.27. The molecule has 2 heterocycles. The van der Waals surface area contributed by atoms with Gasteiger partial charge in [0.2, 0.25) is 0 Å². The highest BCUT2D eigenvalue weighted by atomic mass is 16.2. The Morgan fingerprint density at radius 1 is 0.931 bits per heavy atom. The standard InChI is InChI=1S/C24H26N4O/c29-24(19-27-14-16-28(17-15-27)23-12-6-7-13-25-23)26-22-11-5-4-10-21(22)18-20-8-2-1-3-9-20/h1-13H,14-19H2,(H,26,29)/p+2. The third-order valence-electron chi connectivity index (χ3n) is 5.44. The van der Waals surface area contributed by atoms with Crippen molar-refractivity contribution in [2.45, 2.75) is 6.42 Å². The molecule has 1 amide bonds. The van der Waals surface area contributed by atoms with Crippen molar-refractivity contribution in [2.75, 3.05) is 42.9 Å². The molecule has 5 nitrogen and oxygen atoms in total. The third-order valence-corrected chi connectivity index (χ3v) is 5.44. The average Bonchev–Trinajstić information content (AvgIpc) is 2.77. The lowest BCUT2D eigenvalue weighted by atomic mass is 10.0. The number of pyridine rings is 1. The zero-order valence-electron chi connectivity index (χ0n) is 16.6. The van der Waals surface area contributed by atoms with Gasteiger partial charge in [-0.2, -0.15) is 0 Å². The molecule has 5 heteroatoms. The summed E-state index contributed by atoms with van der Waals surface area (Å²) < 4.78 is 0. The van der Waals surface area contributed by atoms with E-state index in [-0.39, 0.29) is 5.91 Å². The van der Waals surface area contributed by atoms with E-state index in [9.17, 15) is 4.79 Å². The summed E-state index contributed by atoms with van der Waals surface area (Å²) in [7, 11) is 0. The van der Waals surface area contributed by atoms with Crippen LogP contribution in [0.25, 0.3) is 0 Å². The zero-order valence-corrected chi connectivity index (χ0v) is 16.6. The van der Waals surface area contributed by atoms with Gasteiger partial charge in [-0.1, -0.05) is 54.6 Å². The van der Waals surface area contributed by atoms with Crippen LogP contribution >= 0.6 is 0 Å². The summed E-state index contributed by atoms with van der Waals surface area (Å²) in [5, 5.41) is 3.14. The van der Waals surface area contributed by atoms with Crippen LogP contribution in [0.15, 0.2) is 79.0 Å². The van der Waals surface area contributed by atoms with Crippen LogP contribution in [0.2, 0.25) is 0 Å². The molecule has 1 aliphatic heterocycles. The molecule has 1 fully saturated rings. The van der Waals surface area contributed by atoms with Gasteiger partial charge in [0.25, 0.3) is 11.7 Å². The molecular weight excluding hydrogens is 360 g/mol. The highest BCUT2D eigenvalue weighted by molar-refractivity contribution is 5.92. The summed E-state index contributed by atoms with van der Waals surface area (Å²) in [5.41, 5.74) is 3.30. The van der Waals surface area contributed by atoms with E-state index in [0.29, 0.717) is 6.54 Å². The lowest BCUT2D eigenvalue weighted by molar-refractivity contribution is -0.892. The lowest BCUT2D eigenvalue weighted by Gasteiger charge is -2.27. The van der Waals surface area contributed by atoms with Crippen molar-refractivity contribution >= 4 is 17.4 Å². The number of hydrogen-bond acceptors (Lipinski definition) is 2. The molecule has 1 saturated heterocycles. The molecule has 1 aromatic heterocycles. The summed E-state index contributed by atoms with van der Waals surface area (Å²) in [6.07, 6.45) is 2.77. The Bertz CT molecular complexity index is 922. The van der Waals surface area contributed by atoms with Gasteiger partial charge in [0.15, 0.2) is 6.54 Å². The fourth-order valence-electron chi connectivity index (χ4n) is 3.85. The molecule has 0 spiro atoms. The average molecular weight is 389 g/mol. The molecule has 3 N–H and O–H groups in total. The highest BCUT2D eigenvalue weighted by Crippen LogP contribution is 2.19. The number of carbonyl (C=O) groups excluding carboxylic acids is 1. The maximum atomic E-state index is 12.7. The number of aromatic amines is 1. The first kappa shape index (κ1) is 19.2. The van der Waals surface area contributed by atoms with Crippen LogP contribution < -0.4 is 20.1 Å². The Morgan fingerprint density at radius 3 is 2.41 bits per heavy atom. The maximum Gasteiger partial charge on any atom is 0.279 e. The van der Waals surface area contributed by atoms with E-state index >= 15 is 0 Å². The number of H-pyrrole nitrogens is 1. The van der Waals surface area contributed by atoms with Crippen molar-refractivity contribution in [1.82, 2.24) is 0 Å². The number of nitrogens with one attached hydrogen (secondary N) is 3. The second kappa shape index (κ2) is 9.34. The summed E-state index contributed by atoms with van der Waals surface area (Å²) in [6, 6.07) is 24.6. The molecule has 0 aliphatic carbocycles. The molecule has 0 atom stereocenters. The van der Waals surface area contributed by atoms with Crippen LogP contribution in [-0.4, -0.2) is 38.6 Å². The van der Waals surface area contributed by atoms with E-state index in [0.717, 1.165) is 49.7 Å². The van der Waals surface area contributed by atoms with Gasteiger partial charge < -0.3 is 10.2 Å². The van der Waals surface area contributed by atoms with Crippen molar-refractivity contribution in [3.8, 4) is 0 Å². The Morgan fingerprint density at radius 2 is 1.66 bits per heavy atom. The number of rotatable bonds is 6. The number of benzene rings is 2. The summed E-state index contributed by atoms with van der Waals surface area (Å²) >= 11 is 0. The van der Waals surface area contributed by atoms with Crippen LogP contribution in [0.1, 0.15) is 11.1 Å². The fourth-order valence-corrected chi connectivity index (χ4v) is 3.85. The van der Waals surface area contributed by atoms with Crippen LogP contribution in [-0.2, 0) is 11.2 Å². The summed E-state index contributed by atoms with van der Waals surface area (Å²) in [4.78, 5) is 19.6. The van der Waals surface area contributed by atoms with Crippen LogP contribution in [0, 0.1) is 0 Å². The minimum Gasteiger partial charge on any atom is -0.321 e. The number of para-hydroxylation sites is 1. The van der Waals surface area contributed by atoms with Gasteiger partial charge in [0.05, 0.1) is 6.20 Å². The number of nitrogens with zero attached hydrogens (tertiary/aromatic N) is 1. The van der Waals surface area contributed by atoms with Gasteiger partial charge in [0, 0.05) is 11.8 Å². The molecule has 3 aromatic rings. The quantitative estimate of drug-likeness (QED) is 0.671. The van der Waals surface area contributed by atoms with Crippen LogP contribution in [0.5, 0.6) is 0 Å². The van der Waals surface area contributed by atoms with Crippen LogP contribution in [0.4, 0.5) is 11.5 Å². The Balaban J connectivity index is 1.31. The normalized spacial score (nSPS) is 14.6. The number of amides is 1. The monoisotopic (exact) mass is 388 g/mol. The number of hydrogen-bond donors (Lipinski definition) is 2. The first-order chi connectivity index (χ1) is 14.3. The maximum absolute atomic E-state index is 12.7. The first-order valence-corrected chi connectivity index (χ1v) is 10.2. The van der Waals surface area contributed by atoms with Crippen LogP contribution in [0.3, 0.4) is 0 Å². The minimum atomic E-state index is 0.0836. The second-order valence-corrected chi connectivity index (χ2v) is 7.53.